The minimum Gasteiger partial charge on any atom is -0.487 e. The van der Waals surface area contributed by atoms with Crippen molar-refractivity contribution in [2.75, 3.05) is 47.4 Å². The summed E-state index contributed by atoms with van der Waals surface area (Å²) in [6, 6.07) is 8.42. The Morgan fingerprint density at radius 1 is 1.33 bits per heavy atom. The van der Waals surface area contributed by atoms with Crippen LogP contribution >= 0.6 is 24.0 Å². The fourth-order valence-electron chi connectivity index (χ4n) is 3.21. The van der Waals surface area contributed by atoms with Gasteiger partial charge in [-0.3, -0.25) is 4.99 Å². The van der Waals surface area contributed by atoms with Crippen molar-refractivity contribution in [2.45, 2.75) is 38.3 Å². The van der Waals surface area contributed by atoms with Gasteiger partial charge in [-0.2, -0.15) is 0 Å². The van der Waals surface area contributed by atoms with Crippen molar-refractivity contribution in [2.24, 2.45) is 4.99 Å². The van der Waals surface area contributed by atoms with Gasteiger partial charge < -0.3 is 25.0 Å². The number of para-hydroxylation sites is 1. The van der Waals surface area contributed by atoms with Gasteiger partial charge in [-0.25, -0.2) is 0 Å². The van der Waals surface area contributed by atoms with Crippen molar-refractivity contribution >= 4 is 29.9 Å². The van der Waals surface area contributed by atoms with Gasteiger partial charge in [0.1, 0.15) is 11.4 Å². The highest BCUT2D eigenvalue weighted by atomic mass is 127. The maximum Gasteiger partial charge on any atom is 0.191 e. The third kappa shape index (κ3) is 7.83. The Balaban J connectivity index is 0.00000364. The Kier molecular flexibility index (Phi) is 10.4. The number of guanidine groups is 1. The molecule has 0 saturated carbocycles. The smallest absolute Gasteiger partial charge is 0.191 e. The lowest BCUT2D eigenvalue weighted by Crippen LogP contribution is -2.45. The number of nitrogens with zero attached hydrogens (tertiary/aromatic N) is 2. The highest BCUT2D eigenvalue weighted by Gasteiger charge is 2.33. The Morgan fingerprint density at radius 3 is 2.78 bits per heavy atom. The molecule has 1 heterocycles. The molecule has 1 unspecified atom stereocenters. The maximum absolute atomic E-state index is 6.11. The molecule has 0 aromatic heterocycles. The van der Waals surface area contributed by atoms with Crippen molar-refractivity contribution < 1.29 is 9.47 Å². The van der Waals surface area contributed by atoms with E-state index in [1.807, 2.05) is 19.2 Å². The Labute approximate surface area is 181 Å². The highest BCUT2D eigenvalue weighted by molar-refractivity contribution is 14.0. The van der Waals surface area contributed by atoms with Crippen LogP contribution in [0.1, 0.15) is 38.3 Å². The Bertz CT molecular complexity index is 595. The molecule has 0 aliphatic carbocycles. The van der Waals surface area contributed by atoms with E-state index in [2.05, 4.69) is 53.6 Å². The molecule has 1 atom stereocenters. The number of ether oxygens (including phenoxy) is 2. The van der Waals surface area contributed by atoms with Crippen LogP contribution in [0.15, 0.2) is 29.3 Å². The van der Waals surface area contributed by atoms with E-state index in [0.29, 0.717) is 0 Å². The van der Waals surface area contributed by atoms with Crippen molar-refractivity contribution in [3.8, 4) is 5.75 Å². The third-order valence-corrected chi connectivity index (χ3v) is 4.60. The molecular formula is C20H35IN4O2. The number of benzene rings is 1. The van der Waals surface area contributed by atoms with Crippen LogP contribution in [0, 0.1) is 0 Å². The molecular weight excluding hydrogens is 455 g/mol. The Hall–Kier alpha value is -1.06. The van der Waals surface area contributed by atoms with Gasteiger partial charge in [-0.15, -0.1) is 24.0 Å². The molecule has 7 heteroatoms. The number of hydrogen-bond donors (Lipinski definition) is 2. The summed E-state index contributed by atoms with van der Waals surface area (Å²) in [4.78, 5) is 6.67. The minimum absolute atomic E-state index is 0. The summed E-state index contributed by atoms with van der Waals surface area (Å²) in [6.07, 6.45) is 1.95. The number of hydrogen-bond acceptors (Lipinski definition) is 4. The van der Waals surface area contributed by atoms with Crippen molar-refractivity contribution in [1.82, 2.24) is 15.5 Å². The second-order valence-electron chi connectivity index (χ2n) is 7.45. The maximum atomic E-state index is 6.11. The largest absolute Gasteiger partial charge is 0.487 e. The van der Waals surface area contributed by atoms with E-state index in [0.717, 1.165) is 50.8 Å². The number of aliphatic imine (C=N–C) groups is 1. The third-order valence-electron chi connectivity index (χ3n) is 4.60. The molecule has 0 fully saturated rings. The summed E-state index contributed by atoms with van der Waals surface area (Å²) in [5.41, 5.74) is 0.989. The number of methoxy groups -OCH3 is 1. The molecule has 0 saturated heterocycles. The number of likely N-dealkylation sites (N-methyl/N-ethyl adjacent to an activating group) is 1. The lowest BCUT2D eigenvalue weighted by molar-refractivity contribution is 0.0694. The quantitative estimate of drug-likeness (QED) is 0.254. The van der Waals surface area contributed by atoms with E-state index < -0.39 is 0 Å². The minimum atomic E-state index is -0.199. The normalized spacial score (nSPS) is 18.3. The first-order chi connectivity index (χ1) is 12.4. The number of nitrogens with one attached hydrogen (secondary N) is 2. The summed E-state index contributed by atoms with van der Waals surface area (Å²) >= 11 is 0. The lowest BCUT2D eigenvalue weighted by atomic mass is 9.90. The summed E-state index contributed by atoms with van der Waals surface area (Å²) in [5.74, 6) is 1.79. The van der Waals surface area contributed by atoms with E-state index in [4.69, 9.17) is 9.47 Å². The van der Waals surface area contributed by atoms with Gasteiger partial charge in [-0.05, 0) is 39.9 Å². The van der Waals surface area contributed by atoms with Crippen LogP contribution in [0.2, 0.25) is 0 Å². The first kappa shape index (κ1) is 24.0. The molecule has 1 aliphatic rings. The van der Waals surface area contributed by atoms with Gasteiger partial charge in [0, 0.05) is 39.2 Å². The number of rotatable bonds is 8. The van der Waals surface area contributed by atoms with Crippen LogP contribution in [0.25, 0.3) is 0 Å². The van der Waals surface area contributed by atoms with Crippen LogP contribution in [0.5, 0.6) is 5.75 Å². The zero-order valence-corrected chi connectivity index (χ0v) is 19.6. The van der Waals surface area contributed by atoms with E-state index in [1.54, 1.807) is 7.11 Å². The SMILES string of the molecule is CN=C(NCCCN(C)CCOC)NC1CC(C)(C)Oc2ccccc21.I. The first-order valence-electron chi connectivity index (χ1n) is 9.38. The molecule has 2 rings (SSSR count). The second kappa shape index (κ2) is 11.7. The average Bonchev–Trinajstić information content (AvgIpc) is 2.61. The van der Waals surface area contributed by atoms with Crippen LogP contribution in [-0.4, -0.2) is 63.9 Å². The highest BCUT2D eigenvalue weighted by Crippen LogP contribution is 2.39. The molecule has 154 valence electrons. The zero-order chi connectivity index (χ0) is 19.0. The Morgan fingerprint density at radius 2 is 2.07 bits per heavy atom. The molecule has 1 aromatic carbocycles. The molecule has 0 amide bonds. The summed E-state index contributed by atoms with van der Waals surface area (Å²) < 4.78 is 11.2. The number of fused-ring (bicyclic) bond motifs is 1. The molecule has 0 radical (unpaired) electrons. The molecule has 0 bridgehead atoms. The van der Waals surface area contributed by atoms with E-state index in [-0.39, 0.29) is 35.6 Å². The van der Waals surface area contributed by atoms with Crippen molar-refractivity contribution in [1.29, 1.82) is 0 Å². The molecule has 6 nitrogen and oxygen atoms in total. The van der Waals surface area contributed by atoms with Crippen LogP contribution in [-0.2, 0) is 4.74 Å². The van der Waals surface area contributed by atoms with E-state index in [9.17, 15) is 0 Å². The molecule has 1 aromatic rings. The first-order valence-corrected chi connectivity index (χ1v) is 9.38. The summed E-state index contributed by atoms with van der Waals surface area (Å²) in [7, 11) is 5.67. The van der Waals surface area contributed by atoms with E-state index in [1.165, 1.54) is 5.56 Å². The van der Waals surface area contributed by atoms with Crippen LogP contribution in [0.4, 0.5) is 0 Å². The monoisotopic (exact) mass is 490 g/mol. The van der Waals surface area contributed by atoms with Gasteiger partial charge in [0.15, 0.2) is 5.96 Å². The predicted octanol–water partition coefficient (Wildman–Crippen LogP) is 3.04. The van der Waals surface area contributed by atoms with Crippen molar-refractivity contribution in [3.05, 3.63) is 29.8 Å². The van der Waals surface area contributed by atoms with Gasteiger partial charge in [0.25, 0.3) is 0 Å². The standard InChI is InChI=1S/C20H34N4O2.HI/c1-20(2)15-17(16-9-6-7-10-18(16)26-20)23-19(21-3)22-11-8-12-24(4)13-14-25-5;/h6-7,9-10,17H,8,11-15H2,1-5H3,(H2,21,22,23);1H. The summed E-state index contributed by atoms with van der Waals surface area (Å²) in [6.45, 7) is 7.89. The lowest BCUT2D eigenvalue weighted by Gasteiger charge is -2.38. The second-order valence-corrected chi connectivity index (χ2v) is 7.45. The molecule has 2 N–H and O–H groups in total. The van der Waals surface area contributed by atoms with Crippen molar-refractivity contribution in [3.63, 3.8) is 0 Å². The van der Waals surface area contributed by atoms with Crippen LogP contribution in [0.3, 0.4) is 0 Å². The fourth-order valence-corrected chi connectivity index (χ4v) is 3.21. The summed E-state index contributed by atoms with van der Waals surface area (Å²) in [5, 5.41) is 6.99. The predicted molar refractivity (Wildman–Crippen MR) is 122 cm³/mol. The topological polar surface area (TPSA) is 58.1 Å². The van der Waals surface area contributed by atoms with Crippen LogP contribution < -0.4 is 15.4 Å². The van der Waals surface area contributed by atoms with Gasteiger partial charge >= 0.3 is 0 Å². The van der Waals surface area contributed by atoms with Gasteiger partial charge in [0.05, 0.1) is 12.6 Å². The van der Waals surface area contributed by atoms with Gasteiger partial charge in [0.2, 0.25) is 0 Å². The average molecular weight is 490 g/mol. The molecule has 27 heavy (non-hydrogen) atoms. The number of halogens is 1. The zero-order valence-electron chi connectivity index (χ0n) is 17.2. The fraction of sp³-hybridized carbons (Fsp3) is 0.650. The van der Waals surface area contributed by atoms with E-state index >= 15 is 0 Å². The van der Waals surface area contributed by atoms with Gasteiger partial charge in [-0.1, -0.05) is 18.2 Å². The molecule has 1 aliphatic heterocycles. The molecule has 0 spiro atoms.